The van der Waals surface area contributed by atoms with E-state index < -0.39 is 10.0 Å². The van der Waals surface area contributed by atoms with Crippen molar-refractivity contribution in [2.75, 3.05) is 28.3 Å². The predicted molar refractivity (Wildman–Crippen MR) is 102 cm³/mol. The van der Waals surface area contributed by atoms with E-state index in [0.29, 0.717) is 22.6 Å². The minimum absolute atomic E-state index is 0.107. The molecule has 0 spiro atoms. The number of nitrogens with zero attached hydrogens (tertiary/aromatic N) is 1. The summed E-state index contributed by atoms with van der Waals surface area (Å²) in [7, 11) is 2.44. The summed E-state index contributed by atoms with van der Waals surface area (Å²) in [5, 5.41) is 2.77. The molecule has 2 rings (SSSR count). The predicted octanol–water partition coefficient (Wildman–Crippen LogP) is 1.81. The molecule has 0 fully saturated rings. The van der Waals surface area contributed by atoms with Gasteiger partial charge in [0.15, 0.2) is 0 Å². The Balaban J connectivity index is 2.12. The lowest BCUT2D eigenvalue weighted by Crippen LogP contribution is -2.28. The molecule has 7 nitrogen and oxygen atoms in total. The summed E-state index contributed by atoms with van der Waals surface area (Å²) in [5.74, 6) is 0.953. The Kier molecular flexibility index (Phi) is 6.81. The number of carbonyl (C=O) groups excluding carboxylic acids is 1. The Morgan fingerprint density at radius 2 is 1.74 bits per heavy atom. The van der Waals surface area contributed by atoms with Crippen molar-refractivity contribution in [1.29, 1.82) is 0 Å². The van der Waals surface area contributed by atoms with Crippen molar-refractivity contribution >= 4 is 15.9 Å². The van der Waals surface area contributed by atoms with Crippen molar-refractivity contribution in [3.05, 3.63) is 53.6 Å². The molecule has 0 aromatic heterocycles. The molecular formula is C19H24N2O5S. The first-order chi connectivity index (χ1) is 12.8. The van der Waals surface area contributed by atoms with Gasteiger partial charge in [-0.15, -0.1) is 0 Å². The zero-order valence-electron chi connectivity index (χ0n) is 15.9. The first kappa shape index (κ1) is 20.7. The van der Waals surface area contributed by atoms with Crippen LogP contribution in [-0.4, -0.2) is 46.9 Å². The van der Waals surface area contributed by atoms with E-state index in [1.54, 1.807) is 43.5 Å². The molecule has 0 saturated heterocycles. The second-order valence-corrected chi connectivity index (χ2v) is 8.15. The Morgan fingerprint density at radius 3 is 2.37 bits per heavy atom. The van der Waals surface area contributed by atoms with Gasteiger partial charge in [-0.05, 0) is 17.7 Å². The number of carbonyl (C=O) groups is 1. The van der Waals surface area contributed by atoms with Gasteiger partial charge in [-0.3, -0.25) is 4.79 Å². The van der Waals surface area contributed by atoms with E-state index in [0.717, 1.165) is 4.31 Å². The number of nitrogens with one attached hydrogen (secondary N) is 1. The first-order valence-electron chi connectivity index (χ1n) is 8.27. The molecule has 146 valence electrons. The lowest BCUT2D eigenvalue weighted by molar-refractivity contribution is -0.120. The summed E-state index contributed by atoms with van der Waals surface area (Å²) in [6.45, 7) is 0.112. The molecule has 0 unspecified atom stereocenters. The van der Waals surface area contributed by atoms with Crippen LogP contribution in [0.2, 0.25) is 0 Å². The summed E-state index contributed by atoms with van der Waals surface area (Å²) in [6, 6.07) is 11.8. The van der Waals surface area contributed by atoms with Crippen molar-refractivity contribution < 1.29 is 22.7 Å². The van der Waals surface area contributed by atoms with Crippen molar-refractivity contribution in [2.45, 2.75) is 17.9 Å². The van der Waals surface area contributed by atoms with Crippen LogP contribution in [0, 0.1) is 0 Å². The maximum atomic E-state index is 12.4. The molecule has 0 atom stereocenters. The molecule has 1 N–H and O–H groups in total. The van der Waals surface area contributed by atoms with Crippen molar-refractivity contribution in [2.24, 2.45) is 0 Å². The Morgan fingerprint density at radius 1 is 1.04 bits per heavy atom. The number of rotatable bonds is 8. The van der Waals surface area contributed by atoms with E-state index >= 15 is 0 Å². The van der Waals surface area contributed by atoms with Crippen LogP contribution in [0.4, 0.5) is 0 Å². The number of hydrogen-bond acceptors (Lipinski definition) is 5. The lowest BCUT2D eigenvalue weighted by Gasteiger charge is -2.15. The average molecular weight is 392 g/mol. The average Bonchev–Trinajstić information content (AvgIpc) is 2.66. The summed E-state index contributed by atoms with van der Waals surface area (Å²) in [4.78, 5) is 12.5. The topological polar surface area (TPSA) is 84.9 Å². The SMILES string of the molecule is COc1ccc(CC(=O)NCc2ccccc2S(=O)(=O)N(C)C)c(OC)c1. The molecule has 0 saturated carbocycles. The van der Waals surface area contributed by atoms with E-state index in [4.69, 9.17) is 9.47 Å². The quantitative estimate of drug-likeness (QED) is 0.741. The van der Waals surface area contributed by atoms with Gasteiger partial charge in [0.25, 0.3) is 0 Å². The van der Waals surface area contributed by atoms with E-state index in [-0.39, 0.29) is 23.8 Å². The summed E-state index contributed by atoms with van der Waals surface area (Å²) < 4.78 is 36.4. The Labute approximate surface area is 160 Å². The van der Waals surface area contributed by atoms with E-state index in [1.165, 1.54) is 27.3 Å². The molecule has 0 aliphatic heterocycles. The van der Waals surface area contributed by atoms with Crippen LogP contribution in [0.1, 0.15) is 11.1 Å². The molecule has 0 heterocycles. The molecule has 0 aliphatic carbocycles. The van der Waals surface area contributed by atoms with Crippen molar-refractivity contribution in [1.82, 2.24) is 9.62 Å². The zero-order chi connectivity index (χ0) is 20.0. The third kappa shape index (κ3) is 4.99. The van der Waals surface area contributed by atoms with Gasteiger partial charge < -0.3 is 14.8 Å². The maximum Gasteiger partial charge on any atom is 0.242 e. The number of amides is 1. The molecular weight excluding hydrogens is 368 g/mol. The third-order valence-corrected chi connectivity index (χ3v) is 5.97. The highest BCUT2D eigenvalue weighted by Gasteiger charge is 2.21. The van der Waals surface area contributed by atoms with Gasteiger partial charge in [-0.2, -0.15) is 0 Å². The van der Waals surface area contributed by atoms with Crippen molar-refractivity contribution in [3.8, 4) is 11.5 Å². The molecule has 27 heavy (non-hydrogen) atoms. The highest BCUT2D eigenvalue weighted by molar-refractivity contribution is 7.89. The molecule has 0 bridgehead atoms. The second kappa shape index (κ2) is 8.88. The number of sulfonamides is 1. The normalized spacial score (nSPS) is 11.3. The number of benzene rings is 2. The summed E-state index contributed by atoms with van der Waals surface area (Å²) in [5.41, 5.74) is 1.24. The second-order valence-electron chi connectivity index (χ2n) is 6.03. The van der Waals surface area contributed by atoms with Gasteiger partial charge in [-0.25, -0.2) is 12.7 Å². The maximum absolute atomic E-state index is 12.4. The minimum atomic E-state index is -3.58. The van der Waals surface area contributed by atoms with Gasteiger partial charge in [0.05, 0.1) is 25.5 Å². The van der Waals surface area contributed by atoms with Gasteiger partial charge in [-0.1, -0.05) is 24.3 Å². The highest BCUT2D eigenvalue weighted by atomic mass is 32.2. The third-order valence-electron chi connectivity index (χ3n) is 4.05. The van der Waals surface area contributed by atoms with Crippen molar-refractivity contribution in [3.63, 3.8) is 0 Å². The van der Waals surface area contributed by atoms with Crippen LogP contribution >= 0.6 is 0 Å². The summed E-state index contributed by atoms with van der Waals surface area (Å²) in [6.07, 6.45) is 0.107. The summed E-state index contributed by atoms with van der Waals surface area (Å²) >= 11 is 0. The largest absolute Gasteiger partial charge is 0.497 e. The molecule has 2 aromatic rings. The fourth-order valence-corrected chi connectivity index (χ4v) is 3.64. The Hall–Kier alpha value is -2.58. The fourth-order valence-electron chi connectivity index (χ4n) is 2.53. The monoisotopic (exact) mass is 392 g/mol. The minimum Gasteiger partial charge on any atom is -0.497 e. The van der Waals surface area contributed by atoms with Crippen LogP contribution in [0.25, 0.3) is 0 Å². The van der Waals surface area contributed by atoms with Gasteiger partial charge in [0.1, 0.15) is 11.5 Å². The van der Waals surface area contributed by atoms with Crippen LogP contribution < -0.4 is 14.8 Å². The van der Waals surface area contributed by atoms with E-state index in [9.17, 15) is 13.2 Å². The van der Waals surface area contributed by atoms with Gasteiger partial charge in [0.2, 0.25) is 15.9 Å². The number of methoxy groups -OCH3 is 2. The Bertz CT molecular complexity index is 910. The molecule has 2 aromatic carbocycles. The molecule has 0 radical (unpaired) electrons. The van der Waals surface area contributed by atoms with E-state index in [1.807, 2.05) is 0 Å². The molecule has 1 amide bonds. The van der Waals surface area contributed by atoms with Crippen LogP contribution in [-0.2, 0) is 27.8 Å². The smallest absolute Gasteiger partial charge is 0.242 e. The molecule has 8 heteroatoms. The standard InChI is InChI=1S/C19H24N2O5S/c1-21(2)27(23,24)18-8-6-5-7-15(18)13-20-19(22)11-14-9-10-16(25-3)12-17(14)26-4/h5-10,12H,11,13H2,1-4H3,(H,20,22). The van der Waals surface area contributed by atoms with Gasteiger partial charge >= 0.3 is 0 Å². The van der Waals surface area contributed by atoms with Crippen LogP contribution in [0.3, 0.4) is 0 Å². The number of ether oxygens (including phenoxy) is 2. The van der Waals surface area contributed by atoms with E-state index in [2.05, 4.69) is 5.32 Å². The van der Waals surface area contributed by atoms with Gasteiger partial charge in [0, 0.05) is 32.3 Å². The zero-order valence-corrected chi connectivity index (χ0v) is 16.7. The molecule has 0 aliphatic rings. The van der Waals surface area contributed by atoms with Crippen LogP contribution in [0.15, 0.2) is 47.4 Å². The van der Waals surface area contributed by atoms with Crippen LogP contribution in [0.5, 0.6) is 11.5 Å². The lowest BCUT2D eigenvalue weighted by atomic mass is 10.1. The highest BCUT2D eigenvalue weighted by Crippen LogP contribution is 2.25. The number of hydrogen-bond donors (Lipinski definition) is 1. The fraction of sp³-hybridized carbons (Fsp3) is 0.316. The first-order valence-corrected chi connectivity index (χ1v) is 9.71.